The molecular formula is C7H11F3N2. The van der Waals surface area contributed by atoms with Gasteiger partial charge in [-0.15, -0.1) is 0 Å². The van der Waals surface area contributed by atoms with E-state index in [-0.39, 0.29) is 0 Å². The second-order valence-electron chi connectivity index (χ2n) is 2.61. The van der Waals surface area contributed by atoms with E-state index in [0.717, 1.165) is 4.90 Å². The number of nitriles is 1. The van der Waals surface area contributed by atoms with Crippen molar-refractivity contribution in [2.75, 3.05) is 20.1 Å². The lowest BCUT2D eigenvalue weighted by molar-refractivity contribution is -0.143. The topological polar surface area (TPSA) is 27.0 Å². The third kappa shape index (κ3) is 7.35. The van der Waals surface area contributed by atoms with Crippen LogP contribution in [0.3, 0.4) is 0 Å². The van der Waals surface area contributed by atoms with Crippen molar-refractivity contribution in [2.24, 2.45) is 0 Å². The first-order valence-corrected chi connectivity index (χ1v) is 3.58. The van der Waals surface area contributed by atoms with Gasteiger partial charge in [0.15, 0.2) is 0 Å². The fourth-order valence-corrected chi connectivity index (χ4v) is 0.813. The molecule has 2 nitrogen and oxygen atoms in total. The molecule has 0 aliphatic carbocycles. The highest BCUT2D eigenvalue weighted by atomic mass is 19.4. The van der Waals surface area contributed by atoms with Crippen LogP contribution in [0.4, 0.5) is 13.2 Å². The predicted molar refractivity (Wildman–Crippen MR) is 38.4 cm³/mol. The van der Waals surface area contributed by atoms with E-state index in [0.29, 0.717) is 19.4 Å². The summed E-state index contributed by atoms with van der Waals surface area (Å²) in [4.78, 5) is 1.16. The Labute approximate surface area is 69.6 Å². The Hall–Kier alpha value is -0.760. The highest BCUT2D eigenvalue weighted by Crippen LogP contribution is 2.15. The molecule has 0 spiro atoms. The molecule has 0 rings (SSSR count). The molecule has 0 radical (unpaired) electrons. The van der Waals surface area contributed by atoms with E-state index in [1.807, 2.05) is 6.07 Å². The fraction of sp³-hybridized carbons (Fsp3) is 0.857. The van der Waals surface area contributed by atoms with Gasteiger partial charge in [0, 0.05) is 6.42 Å². The first-order chi connectivity index (χ1) is 5.45. The summed E-state index contributed by atoms with van der Waals surface area (Å²) in [5.41, 5.74) is 0. The first kappa shape index (κ1) is 11.2. The molecular weight excluding hydrogens is 169 g/mol. The summed E-state index contributed by atoms with van der Waals surface area (Å²) >= 11 is 0. The lowest BCUT2D eigenvalue weighted by atomic mass is 10.3. The maximum Gasteiger partial charge on any atom is 0.401 e. The number of rotatable bonds is 4. The minimum Gasteiger partial charge on any atom is -0.298 e. The standard InChI is InChI=1S/C7H11F3N2/c1-12(5-3-2-4-11)6-7(8,9)10/h2-3,5-6H2,1H3. The molecule has 0 saturated carbocycles. The van der Waals surface area contributed by atoms with Crippen molar-refractivity contribution in [3.8, 4) is 6.07 Å². The molecule has 0 bridgehead atoms. The number of hydrogen-bond acceptors (Lipinski definition) is 2. The Bertz CT molecular complexity index is 159. The van der Waals surface area contributed by atoms with Gasteiger partial charge in [-0.05, 0) is 20.0 Å². The van der Waals surface area contributed by atoms with Gasteiger partial charge in [0.2, 0.25) is 0 Å². The van der Waals surface area contributed by atoms with Crippen LogP contribution in [0.5, 0.6) is 0 Å². The van der Waals surface area contributed by atoms with Crippen molar-refractivity contribution >= 4 is 0 Å². The summed E-state index contributed by atoms with van der Waals surface area (Å²) in [6, 6.07) is 1.88. The fourth-order valence-electron chi connectivity index (χ4n) is 0.813. The van der Waals surface area contributed by atoms with Gasteiger partial charge in [-0.1, -0.05) is 0 Å². The zero-order valence-electron chi connectivity index (χ0n) is 6.86. The summed E-state index contributed by atoms with van der Waals surface area (Å²) < 4.78 is 35.1. The summed E-state index contributed by atoms with van der Waals surface area (Å²) in [5, 5.41) is 8.12. The highest BCUT2D eigenvalue weighted by Gasteiger charge is 2.28. The maximum absolute atomic E-state index is 11.7. The Kier molecular flexibility index (Phi) is 4.67. The van der Waals surface area contributed by atoms with Gasteiger partial charge < -0.3 is 0 Å². The van der Waals surface area contributed by atoms with E-state index in [1.54, 1.807) is 0 Å². The molecule has 0 N–H and O–H groups in total. The van der Waals surface area contributed by atoms with Crippen LogP contribution < -0.4 is 0 Å². The van der Waals surface area contributed by atoms with Gasteiger partial charge in [-0.25, -0.2) is 0 Å². The SMILES string of the molecule is CN(CCCC#N)CC(F)(F)F. The van der Waals surface area contributed by atoms with Crippen LogP contribution in [0.25, 0.3) is 0 Å². The molecule has 0 heterocycles. The van der Waals surface area contributed by atoms with Crippen molar-refractivity contribution in [1.29, 1.82) is 5.26 Å². The van der Waals surface area contributed by atoms with Gasteiger partial charge in [0.1, 0.15) is 0 Å². The lowest BCUT2D eigenvalue weighted by Crippen LogP contribution is -2.31. The summed E-state index contributed by atoms with van der Waals surface area (Å²) in [5.74, 6) is 0. The third-order valence-electron chi connectivity index (χ3n) is 1.28. The second kappa shape index (κ2) is 4.99. The van der Waals surface area contributed by atoms with Crippen LogP contribution in [0, 0.1) is 11.3 Å². The maximum atomic E-state index is 11.7. The molecule has 0 amide bonds. The van der Waals surface area contributed by atoms with Crippen molar-refractivity contribution < 1.29 is 13.2 Å². The minimum atomic E-state index is -4.14. The predicted octanol–water partition coefficient (Wildman–Crippen LogP) is 1.78. The van der Waals surface area contributed by atoms with Crippen LogP contribution >= 0.6 is 0 Å². The van der Waals surface area contributed by atoms with Gasteiger partial charge in [0.05, 0.1) is 12.6 Å². The second-order valence-corrected chi connectivity index (χ2v) is 2.61. The number of halogens is 3. The molecule has 5 heteroatoms. The molecule has 0 aromatic rings. The van der Waals surface area contributed by atoms with E-state index in [1.165, 1.54) is 7.05 Å². The Morgan fingerprint density at radius 1 is 1.42 bits per heavy atom. The Morgan fingerprint density at radius 3 is 2.42 bits per heavy atom. The Morgan fingerprint density at radius 2 is 2.00 bits per heavy atom. The first-order valence-electron chi connectivity index (χ1n) is 3.58. The van der Waals surface area contributed by atoms with E-state index in [2.05, 4.69) is 0 Å². The molecule has 0 saturated heterocycles. The molecule has 0 fully saturated rings. The van der Waals surface area contributed by atoms with Crippen molar-refractivity contribution in [3.05, 3.63) is 0 Å². The van der Waals surface area contributed by atoms with Crippen LogP contribution in [0.1, 0.15) is 12.8 Å². The average molecular weight is 180 g/mol. The summed E-state index contributed by atoms with van der Waals surface area (Å²) in [6.45, 7) is -0.592. The largest absolute Gasteiger partial charge is 0.401 e. The van der Waals surface area contributed by atoms with Crippen molar-refractivity contribution in [2.45, 2.75) is 19.0 Å². The third-order valence-corrected chi connectivity index (χ3v) is 1.28. The van der Waals surface area contributed by atoms with Crippen molar-refractivity contribution in [3.63, 3.8) is 0 Å². The Balaban J connectivity index is 3.48. The number of alkyl halides is 3. The number of nitrogens with zero attached hydrogens (tertiary/aromatic N) is 2. The molecule has 0 aromatic carbocycles. The van der Waals surface area contributed by atoms with Crippen LogP contribution in [-0.4, -0.2) is 31.2 Å². The van der Waals surface area contributed by atoms with E-state index in [4.69, 9.17) is 5.26 Å². The van der Waals surface area contributed by atoms with E-state index < -0.39 is 12.7 Å². The zero-order valence-corrected chi connectivity index (χ0v) is 6.86. The number of unbranched alkanes of at least 4 members (excludes halogenated alkanes) is 1. The normalized spacial score (nSPS) is 11.7. The molecule has 70 valence electrons. The quantitative estimate of drug-likeness (QED) is 0.616. The van der Waals surface area contributed by atoms with Gasteiger partial charge in [-0.3, -0.25) is 4.90 Å². The number of hydrogen-bond donors (Lipinski definition) is 0. The van der Waals surface area contributed by atoms with E-state index in [9.17, 15) is 13.2 Å². The van der Waals surface area contributed by atoms with E-state index >= 15 is 0 Å². The summed E-state index contributed by atoms with van der Waals surface area (Å²) in [6.07, 6.45) is -3.34. The molecule has 0 aliphatic heterocycles. The van der Waals surface area contributed by atoms with Gasteiger partial charge in [-0.2, -0.15) is 18.4 Å². The lowest BCUT2D eigenvalue weighted by Gasteiger charge is -2.17. The highest BCUT2D eigenvalue weighted by molar-refractivity contribution is 4.69. The van der Waals surface area contributed by atoms with Crippen LogP contribution in [0.2, 0.25) is 0 Å². The summed E-state index contributed by atoms with van der Waals surface area (Å²) in [7, 11) is 1.39. The van der Waals surface area contributed by atoms with Gasteiger partial charge >= 0.3 is 6.18 Å². The van der Waals surface area contributed by atoms with Crippen molar-refractivity contribution in [1.82, 2.24) is 4.90 Å². The molecule has 0 unspecified atom stereocenters. The molecule has 0 aliphatic rings. The van der Waals surface area contributed by atoms with Crippen LogP contribution in [0.15, 0.2) is 0 Å². The monoisotopic (exact) mass is 180 g/mol. The molecule has 12 heavy (non-hydrogen) atoms. The molecule has 0 atom stereocenters. The van der Waals surface area contributed by atoms with Gasteiger partial charge in [0.25, 0.3) is 0 Å². The minimum absolute atomic E-state index is 0.308. The zero-order chi connectivity index (χ0) is 9.61. The smallest absolute Gasteiger partial charge is 0.298 e. The van der Waals surface area contributed by atoms with Crippen LogP contribution in [-0.2, 0) is 0 Å². The average Bonchev–Trinajstić information content (AvgIpc) is 1.84. The molecule has 0 aromatic heterocycles.